The van der Waals surface area contributed by atoms with E-state index < -0.39 is 0 Å². The van der Waals surface area contributed by atoms with E-state index >= 15 is 0 Å². The summed E-state index contributed by atoms with van der Waals surface area (Å²) in [6, 6.07) is 0. The fraction of sp³-hybridized carbons (Fsp3) is 0.952. The van der Waals surface area contributed by atoms with E-state index in [9.17, 15) is 4.79 Å². The third kappa shape index (κ3) is 6.95. The van der Waals surface area contributed by atoms with Crippen LogP contribution in [0.4, 0.5) is 0 Å². The molecule has 2 rings (SSSR count). The van der Waals surface area contributed by atoms with Gasteiger partial charge in [0.2, 0.25) is 0 Å². The summed E-state index contributed by atoms with van der Waals surface area (Å²) < 4.78 is 6.25. The van der Waals surface area contributed by atoms with Crippen LogP contribution in [0.1, 0.15) is 97.3 Å². The molecular weight excluding hydrogens is 284 g/mol. The molecule has 0 unspecified atom stereocenters. The predicted octanol–water partition coefficient (Wildman–Crippen LogP) is 5.93. The molecule has 0 radical (unpaired) electrons. The lowest BCUT2D eigenvalue weighted by Crippen LogP contribution is -2.26. The molecule has 0 spiro atoms. The van der Waals surface area contributed by atoms with Crippen molar-refractivity contribution < 1.29 is 9.53 Å². The maximum absolute atomic E-state index is 11.4. The van der Waals surface area contributed by atoms with E-state index in [1.165, 1.54) is 64.2 Å². The molecule has 23 heavy (non-hydrogen) atoms. The van der Waals surface area contributed by atoms with Crippen molar-refractivity contribution in [2.24, 2.45) is 17.8 Å². The minimum atomic E-state index is 0.439. The summed E-state index contributed by atoms with van der Waals surface area (Å²) in [4.78, 5) is 11.4. The van der Waals surface area contributed by atoms with Crippen molar-refractivity contribution in [1.29, 1.82) is 0 Å². The summed E-state index contributed by atoms with van der Waals surface area (Å²) >= 11 is 0. The molecule has 0 aromatic carbocycles. The lowest BCUT2D eigenvalue weighted by molar-refractivity contribution is -0.119. The largest absolute Gasteiger partial charge is 0.378 e. The number of hydrogen-bond acceptors (Lipinski definition) is 2. The third-order valence-corrected chi connectivity index (χ3v) is 6.25. The van der Waals surface area contributed by atoms with Gasteiger partial charge in [0, 0.05) is 19.4 Å². The van der Waals surface area contributed by atoms with Gasteiger partial charge in [-0.15, -0.1) is 0 Å². The summed E-state index contributed by atoms with van der Waals surface area (Å²) in [6.45, 7) is 5.27. The summed E-state index contributed by atoms with van der Waals surface area (Å²) in [6.07, 6.45) is 16.6. The van der Waals surface area contributed by atoms with Crippen LogP contribution in [0.15, 0.2) is 0 Å². The fourth-order valence-electron chi connectivity index (χ4n) is 4.50. The van der Waals surface area contributed by atoms with Gasteiger partial charge in [0.05, 0.1) is 6.10 Å². The van der Waals surface area contributed by atoms with Crippen LogP contribution >= 0.6 is 0 Å². The molecule has 0 atom stereocenters. The van der Waals surface area contributed by atoms with Crippen LogP contribution in [0, 0.1) is 17.8 Å². The number of Topliss-reactive ketones (excluding diaryl/α,β-unsaturated/α-hetero) is 1. The Morgan fingerprint density at radius 1 is 0.826 bits per heavy atom. The first-order valence-corrected chi connectivity index (χ1v) is 10.3. The Morgan fingerprint density at radius 2 is 1.39 bits per heavy atom. The van der Waals surface area contributed by atoms with Crippen molar-refractivity contribution in [3.63, 3.8) is 0 Å². The number of rotatable bonds is 9. The minimum absolute atomic E-state index is 0.439. The van der Waals surface area contributed by atoms with Crippen LogP contribution in [0.3, 0.4) is 0 Å². The van der Waals surface area contributed by atoms with Crippen LogP contribution in [0.5, 0.6) is 0 Å². The van der Waals surface area contributed by atoms with Gasteiger partial charge in [-0.2, -0.15) is 0 Å². The van der Waals surface area contributed by atoms with Gasteiger partial charge in [-0.25, -0.2) is 0 Å². The van der Waals surface area contributed by atoms with Crippen molar-refractivity contribution in [2.45, 2.75) is 103 Å². The van der Waals surface area contributed by atoms with E-state index in [0.29, 0.717) is 18.3 Å². The zero-order valence-electron chi connectivity index (χ0n) is 15.5. The first-order chi connectivity index (χ1) is 11.2. The van der Waals surface area contributed by atoms with E-state index in [2.05, 4.69) is 6.92 Å². The van der Waals surface area contributed by atoms with Gasteiger partial charge in [0.25, 0.3) is 0 Å². The lowest BCUT2D eigenvalue weighted by Gasteiger charge is -2.32. The molecule has 2 nitrogen and oxygen atoms in total. The highest BCUT2D eigenvalue weighted by Gasteiger charge is 2.25. The van der Waals surface area contributed by atoms with Crippen LogP contribution in [-0.2, 0) is 9.53 Å². The first kappa shape index (κ1) is 19.0. The lowest BCUT2D eigenvalue weighted by atomic mass is 9.80. The van der Waals surface area contributed by atoms with Gasteiger partial charge < -0.3 is 4.74 Å². The van der Waals surface area contributed by atoms with Crippen LogP contribution in [0.25, 0.3) is 0 Å². The van der Waals surface area contributed by atoms with E-state index in [-0.39, 0.29) is 0 Å². The highest BCUT2D eigenvalue weighted by Crippen LogP contribution is 2.34. The Labute approximate surface area is 143 Å². The Bertz CT molecular complexity index is 323. The number of carbonyl (C=O) groups is 1. The summed E-state index contributed by atoms with van der Waals surface area (Å²) in [5, 5.41) is 0. The second kappa shape index (κ2) is 10.5. The van der Waals surface area contributed by atoms with Gasteiger partial charge >= 0.3 is 0 Å². The SMILES string of the molecule is CCC[C@H]1CC[C@H](OCC2CCC(CCC(=O)CC)CC2)CC1. The van der Waals surface area contributed by atoms with E-state index in [1.54, 1.807) is 0 Å². The monoisotopic (exact) mass is 322 g/mol. The summed E-state index contributed by atoms with van der Waals surface area (Å²) in [7, 11) is 0. The molecule has 2 saturated carbocycles. The molecule has 0 aromatic rings. The molecule has 0 N–H and O–H groups in total. The van der Waals surface area contributed by atoms with Crippen LogP contribution in [0.2, 0.25) is 0 Å². The van der Waals surface area contributed by atoms with Crippen molar-refractivity contribution in [3.8, 4) is 0 Å². The molecule has 0 bridgehead atoms. The van der Waals surface area contributed by atoms with E-state index in [4.69, 9.17) is 4.74 Å². The number of ketones is 1. The molecule has 0 saturated heterocycles. The molecule has 2 heteroatoms. The van der Waals surface area contributed by atoms with E-state index in [1.807, 2.05) is 6.92 Å². The number of hydrogen-bond donors (Lipinski definition) is 0. The minimum Gasteiger partial charge on any atom is -0.378 e. The van der Waals surface area contributed by atoms with Gasteiger partial charge in [0.15, 0.2) is 0 Å². The maximum Gasteiger partial charge on any atom is 0.132 e. The van der Waals surface area contributed by atoms with Crippen molar-refractivity contribution in [3.05, 3.63) is 0 Å². The number of carbonyl (C=O) groups excluding carboxylic acids is 1. The normalized spacial score (nSPS) is 31.9. The Morgan fingerprint density at radius 3 is 2.00 bits per heavy atom. The maximum atomic E-state index is 11.4. The standard InChI is InChI=1S/C21H38O2/c1-3-5-17-11-14-21(15-12-17)23-16-19-8-6-18(7-9-19)10-13-20(22)4-2/h17-19,21H,3-16H2,1-2H3/t17-,18?,19?,21-. The molecule has 2 aliphatic rings. The zero-order valence-corrected chi connectivity index (χ0v) is 15.5. The average molecular weight is 323 g/mol. The van der Waals surface area contributed by atoms with Gasteiger partial charge in [0.1, 0.15) is 5.78 Å². The highest BCUT2D eigenvalue weighted by atomic mass is 16.5. The Kier molecular flexibility index (Phi) is 8.64. The van der Waals surface area contributed by atoms with Crippen LogP contribution < -0.4 is 0 Å². The average Bonchev–Trinajstić information content (AvgIpc) is 2.60. The van der Waals surface area contributed by atoms with E-state index in [0.717, 1.165) is 37.2 Å². The van der Waals surface area contributed by atoms with Crippen molar-refractivity contribution in [2.75, 3.05) is 6.61 Å². The molecule has 2 aliphatic carbocycles. The topological polar surface area (TPSA) is 26.3 Å². The van der Waals surface area contributed by atoms with Crippen molar-refractivity contribution in [1.82, 2.24) is 0 Å². The zero-order chi connectivity index (χ0) is 16.5. The van der Waals surface area contributed by atoms with Crippen molar-refractivity contribution >= 4 is 5.78 Å². The van der Waals surface area contributed by atoms with Crippen LogP contribution in [-0.4, -0.2) is 18.5 Å². The number of ether oxygens (including phenoxy) is 1. The predicted molar refractivity (Wildman–Crippen MR) is 96.6 cm³/mol. The molecule has 0 amide bonds. The molecule has 2 fully saturated rings. The third-order valence-electron chi connectivity index (χ3n) is 6.25. The smallest absolute Gasteiger partial charge is 0.132 e. The molecule has 134 valence electrons. The second-order valence-electron chi connectivity index (χ2n) is 8.08. The summed E-state index contributed by atoms with van der Waals surface area (Å²) in [5.41, 5.74) is 0. The van der Waals surface area contributed by atoms with Gasteiger partial charge in [-0.05, 0) is 62.7 Å². The Hall–Kier alpha value is -0.370. The molecule has 0 heterocycles. The quantitative estimate of drug-likeness (QED) is 0.526. The second-order valence-corrected chi connectivity index (χ2v) is 8.08. The molecule has 0 aliphatic heterocycles. The van der Waals surface area contributed by atoms with Gasteiger partial charge in [-0.3, -0.25) is 4.79 Å². The fourth-order valence-corrected chi connectivity index (χ4v) is 4.50. The Balaban J connectivity index is 1.54. The van der Waals surface area contributed by atoms with Gasteiger partial charge in [-0.1, -0.05) is 39.5 Å². The first-order valence-electron chi connectivity index (χ1n) is 10.3. The summed E-state index contributed by atoms with van der Waals surface area (Å²) in [5.74, 6) is 2.99. The highest BCUT2D eigenvalue weighted by molar-refractivity contribution is 5.77. The molecular formula is C21H38O2. The molecule has 0 aromatic heterocycles.